The fourth-order valence-corrected chi connectivity index (χ4v) is 4.22. The molecule has 1 N–H and O–H groups in total. The first-order chi connectivity index (χ1) is 17.2. The van der Waals surface area contributed by atoms with Gasteiger partial charge in [-0.2, -0.15) is 0 Å². The van der Waals surface area contributed by atoms with Crippen molar-refractivity contribution in [3.8, 4) is 0 Å². The van der Waals surface area contributed by atoms with Gasteiger partial charge in [-0.25, -0.2) is 9.59 Å². The fraction of sp³-hybridized carbons (Fsp3) is 0.320. The molecule has 0 aromatic heterocycles. The summed E-state index contributed by atoms with van der Waals surface area (Å²) >= 11 is 11.4. The second-order valence-electron chi connectivity index (χ2n) is 9.32. The van der Waals surface area contributed by atoms with Crippen LogP contribution in [0.5, 0.6) is 0 Å². The fourth-order valence-electron chi connectivity index (χ4n) is 3.88. The summed E-state index contributed by atoms with van der Waals surface area (Å²) in [4.78, 5) is 61.0. The summed E-state index contributed by atoms with van der Waals surface area (Å²) in [6.07, 6.45) is 0.114. The molecule has 2 heterocycles. The maximum atomic E-state index is 12.6. The number of carbonyl (C=O) groups excluding carboxylic acids is 4. The molecule has 0 unspecified atom stereocenters. The van der Waals surface area contributed by atoms with Gasteiger partial charge in [0.1, 0.15) is 5.60 Å². The smallest absolute Gasteiger partial charge is 0.545 e. The minimum Gasteiger partial charge on any atom is -0.545 e. The predicted octanol–water partition coefficient (Wildman–Crippen LogP) is 0.351. The zero-order valence-electron chi connectivity index (χ0n) is 21.1. The Balaban J connectivity index is 0.000000309. The molecule has 3 amide bonds. The summed E-state index contributed by atoms with van der Waals surface area (Å²) in [5, 5.41) is 19.6. The van der Waals surface area contributed by atoms with Crippen molar-refractivity contribution >= 4 is 53.0 Å². The van der Waals surface area contributed by atoms with Crippen molar-refractivity contribution in [2.24, 2.45) is 0 Å². The number of carboxylic acid groups (broad SMARTS) is 2. The summed E-state index contributed by atoms with van der Waals surface area (Å²) < 4.78 is 5.35. The Labute approximate surface area is 250 Å². The van der Waals surface area contributed by atoms with Crippen LogP contribution in [-0.2, 0) is 4.74 Å². The molecule has 0 saturated carbocycles. The Morgan fingerprint density at radius 2 is 1.55 bits per heavy atom. The van der Waals surface area contributed by atoms with Crippen molar-refractivity contribution in [1.82, 2.24) is 9.80 Å². The van der Waals surface area contributed by atoms with E-state index in [9.17, 15) is 29.1 Å². The number of carbonyl (C=O) groups is 5. The van der Waals surface area contributed by atoms with Gasteiger partial charge >= 0.3 is 41.6 Å². The third kappa shape index (κ3) is 7.27. The Morgan fingerprint density at radius 3 is 2.13 bits per heavy atom. The van der Waals surface area contributed by atoms with Gasteiger partial charge in [0.25, 0.3) is 11.8 Å². The van der Waals surface area contributed by atoms with Crippen molar-refractivity contribution in [3.63, 3.8) is 0 Å². The monoisotopic (exact) mass is 572 g/mol. The summed E-state index contributed by atoms with van der Waals surface area (Å²) in [6.45, 7) is 6.13. The number of hydrogen-bond donors (Lipinski definition) is 1. The average Bonchev–Trinajstić information content (AvgIpc) is 3.36. The molecular weight excluding hydrogens is 550 g/mol. The largest absolute Gasteiger partial charge is 1.00 e. The molecule has 2 aromatic rings. The molecule has 2 aliphatic heterocycles. The van der Waals surface area contributed by atoms with Crippen molar-refractivity contribution in [2.45, 2.75) is 38.8 Å². The van der Waals surface area contributed by atoms with Crippen LogP contribution in [0.1, 0.15) is 68.6 Å². The Bertz CT molecular complexity index is 1290. The predicted molar refractivity (Wildman–Crippen MR) is 131 cm³/mol. The van der Waals surface area contributed by atoms with Gasteiger partial charge in [0, 0.05) is 28.7 Å². The number of likely N-dealkylation sites (tertiary alicyclic amines) is 1. The third-order valence-electron chi connectivity index (χ3n) is 5.49. The zero-order valence-corrected chi connectivity index (χ0v) is 24.6. The molecular formula is C25H23Cl2N2NaO8. The molecule has 0 aliphatic carbocycles. The molecule has 1 atom stereocenters. The van der Waals surface area contributed by atoms with Crippen molar-refractivity contribution in [2.75, 3.05) is 13.1 Å². The van der Waals surface area contributed by atoms with Crippen LogP contribution < -0.4 is 34.7 Å². The van der Waals surface area contributed by atoms with E-state index in [0.717, 1.165) is 12.1 Å². The van der Waals surface area contributed by atoms with Gasteiger partial charge in [-0.05, 0) is 57.5 Å². The first-order valence-corrected chi connectivity index (χ1v) is 11.8. The first-order valence-electron chi connectivity index (χ1n) is 11.1. The number of fused-ring (bicyclic) bond motifs is 1. The molecule has 10 nitrogen and oxygen atoms in total. The van der Waals surface area contributed by atoms with Crippen LogP contribution in [0, 0.1) is 0 Å². The summed E-state index contributed by atoms with van der Waals surface area (Å²) in [6, 6.07) is 7.78. The number of halogens is 2. The van der Waals surface area contributed by atoms with E-state index in [2.05, 4.69) is 0 Å². The van der Waals surface area contributed by atoms with Crippen LogP contribution >= 0.6 is 23.2 Å². The Hall–Kier alpha value is -2.63. The normalized spacial score (nSPS) is 16.3. The van der Waals surface area contributed by atoms with Crippen LogP contribution in [-0.4, -0.2) is 69.5 Å². The third-order valence-corrected chi connectivity index (χ3v) is 5.96. The van der Waals surface area contributed by atoms with E-state index >= 15 is 0 Å². The Morgan fingerprint density at radius 1 is 0.974 bits per heavy atom. The van der Waals surface area contributed by atoms with Crippen LogP contribution in [0.2, 0.25) is 10.0 Å². The minimum atomic E-state index is -1.53. The number of benzene rings is 2. The molecule has 2 aliphatic rings. The average molecular weight is 573 g/mol. The van der Waals surface area contributed by atoms with Gasteiger partial charge in [-0.15, -0.1) is 0 Å². The maximum absolute atomic E-state index is 12.6. The van der Waals surface area contributed by atoms with E-state index in [-0.39, 0.29) is 70.1 Å². The SMILES string of the molecule is CC(C)(C)OC(=O)N1CC[C@@H](N2C(=O)c3ccc(Cl)cc3C2=O)C1.O=C([O-])c1ccc(Cl)cc1C(=O)O.[Na+]. The Kier molecular flexibility index (Phi) is 10.4. The summed E-state index contributed by atoms with van der Waals surface area (Å²) in [5.74, 6) is -3.56. The first kappa shape index (κ1) is 31.6. The van der Waals surface area contributed by atoms with Crippen molar-refractivity contribution < 1.29 is 68.5 Å². The quantitative estimate of drug-likeness (QED) is 0.409. The van der Waals surface area contributed by atoms with Gasteiger partial charge in [0.15, 0.2) is 0 Å². The molecule has 13 heteroatoms. The number of amides is 3. The van der Waals surface area contributed by atoms with E-state index in [1.807, 2.05) is 0 Å². The number of hydrogen-bond acceptors (Lipinski definition) is 7. The van der Waals surface area contributed by atoms with Crippen LogP contribution in [0.4, 0.5) is 4.79 Å². The molecule has 1 saturated heterocycles. The number of nitrogens with zero attached hydrogens (tertiary/aromatic N) is 2. The molecule has 0 spiro atoms. The van der Waals surface area contributed by atoms with E-state index < -0.39 is 23.6 Å². The number of carboxylic acids is 2. The van der Waals surface area contributed by atoms with E-state index in [1.54, 1.807) is 32.9 Å². The molecule has 4 rings (SSSR count). The second kappa shape index (κ2) is 12.5. The van der Waals surface area contributed by atoms with Gasteiger partial charge in [-0.3, -0.25) is 14.5 Å². The number of aromatic carboxylic acids is 2. The molecule has 196 valence electrons. The van der Waals surface area contributed by atoms with Crippen LogP contribution in [0.3, 0.4) is 0 Å². The molecule has 0 radical (unpaired) electrons. The zero-order chi connectivity index (χ0) is 27.7. The topological polar surface area (TPSA) is 144 Å². The van der Waals surface area contributed by atoms with E-state index in [1.165, 1.54) is 21.9 Å². The van der Waals surface area contributed by atoms with Crippen LogP contribution in [0.25, 0.3) is 0 Å². The maximum Gasteiger partial charge on any atom is 1.00 e. The standard InChI is InChI=1S/C17H19ClN2O4.C8H5ClO4.Na/c1-17(2,3)24-16(23)19-7-6-11(9-19)20-14(21)12-5-4-10(18)8-13(12)15(20)22;9-4-1-2-5(7(10)11)6(3-4)8(12)13;/h4-5,8,11H,6-7,9H2,1-3H3;1-3H,(H,10,11)(H,12,13);/q;;+1/p-1/t11-;;/m1../s1. The van der Waals surface area contributed by atoms with E-state index in [0.29, 0.717) is 29.1 Å². The number of ether oxygens (including phenoxy) is 1. The van der Waals surface area contributed by atoms with Gasteiger partial charge in [0.05, 0.1) is 28.7 Å². The van der Waals surface area contributed by atoms with Crippen molar-refractivity contribution in [1.29, 1.82) is 0 Å². The second-order valence-corrected chi connectivity index (χ2v) is 10.2. The molecule has 1 fully saturated rings. The molecule has 2 aromatic carbocycles. The summed E-state index contributed by atoms with van der Waals surface area (Å²) in [5.41, 5.74) is -0.644. The summed E-state index contributed by atoms with van der Waals surface area (Å²) in [7, 11) is 0. The van der Waals surface area contributed by atoms with Gasteiger partial charge < -0.3 is 24.6 Å². The molecule has 0 bridgehead atoms. The van der Waals surface area contributed by atoms with Crippen molar-refractivity contribution in [3.05, 3.63) is 68.7 Å². The number of rotatable bonds is 3. The van der Waals surface area contributed by atoms with Crippen LogP contribution in [0.15, 0.2) is 36.4 Å². The minimum absolute atomic E-state index is 0. The molecule has 38 heavy (non-hydrogen) atoms. The van der Waals surface area contributed by atoms with Gasteiger partial charge in [-0.1, -0.05) is 29.3 Å². The van der Waals surface area contributed by atoms with Gasteiger partial charge in [0.2, 0.25) is 0 Å². The van der Waals surface area contributed by atoms with E-state index in [4.69, 9.17) is 33.0 Å². The number of imide groups is 1.